The van der Waals surface area contributed by atoms with Gasteiger partial charge in [0.1, 0.15) is 11.5 Å². The first kappa shape index (κ1) is 16.4. The van der Waals surface area contributed by atoms with E-state index < -0.39 is 36.0 Å². The summed E-state index contributed by atoms with van der Waals surface area (Å²) in [4.78, 5) is 27.8. The van der Waals surface area contributed by atoms with E-state index in [4.69, 9.17) is 0 Å². The Hall–Kier alpha value is -2.42. The zero-order valence-corrected chi connectivity index (χ0v) is 12.2. The van der Waals surface area contributed by atoms with Crippen LogP contribution in [0.5, 0.6) is 0 Å². The summed E-state index contributed by atoms with van der Waals surface area (Å²) in [6, 6.07) is 4.81. The predicted molar refractivity (Wildman–Crippen MR) is 76.2 cm³/mol. The number of aromatic amines is 1. The molecule has 2 aromatic rings. The molecule has 1 saturated heterocycles. The molecule has 0 unspecified atom stereocenters. The molecule has 3 rings (SSSR count). The number of pyridine rings is 1. The van der Waals surface area contributed by atoms with E-state index in [1.807, 2.05) is 0 Å². The molecule has 0 spiro atoms. The van der Waals surface area contributed by atoms with Gasteiger partial charge in [0.05, 0.1) is 18.7 Å². The van der Waals surface area contributed by atoms with Crippen LogP contribution in [0.25, 0.3) is 10.9 Å². The van der Waals surface area contributed by atoms with Crippen molar-refractivity contribution in [2.45, 2.75) is 12.3 Å². The molecule has 1 N–H and O–H groups in total. The van der Waals surface area contributed by atoms with Crippen molar-refractivity contribution in [3.05, 3.63) is 46.0 Å². The van der Waals surface area contributed by atoms with Crippen LogP contribution in [0.2, 0.25) is 0 Å². The highest BCUT2D eigenvalue weighted by Crippen LogP contribution is 2.26. The molecule has 24 heavy (non-hydrogen) atoms. The molecule has 1 fully saturated rings. The Bertz CT molecular complexity index is 847. The average molecular weight is 344 g/mol. The molecule has 5 nitrogen and oxygen atoms in total. The summed E-state index contributed by atoms with van der Waals surface area (Å²) in [5.74, 6) is -1.54. The standard InChI is InChI=1S/C15H12F4N2O3/c16-9-3-1-2-8-11(22)6-10(20-13(8)9)14(23)21-4-5-24-12(7-21)15(17,18)19/h1-3,6,12H,4-5,7H2,(H,20,22)/t12-/m1/s1. The van der Waals surface area contributed by atoms with Crippen LogP contribution in [0.1, 0.15) is 10.5 Å². The first-order valence-electron chi connectivity index (χ1n) is 7.06. The van der Waals surface area contributed by atoms with E-state index in [1.54, 1.807) is 0 Å². The third-order valence-corrected chi connectivity index (χ3v) is 3.76. The number of rotatable bonds is 1. The Morgan fingerprint density at radius 2 is 2.08 bits per heavy atom. The molecular formula is C15H12F4N2O3. The zero-order chi connectivity index (χ0) is 17.5. The van der Waals surface area contributed by atoms with E-state index in [1.165, 1.54) is 12.1 Å². The summed E-state index contributed by atoms with van der Waals surface area (Å²) in [7, 11) is 0. The summed E-state index contributed by atoms with van der Waals surface area (Å²) in [5.41, 5.74) is -1.01. The Kier molecular flexibility index (Phi) is 4.04. The van der Waals surface area contributed by atoms with Gasteiger partial charge in [-0.3, -0.25) is 9.59 Å². The minimum absolute atomic E-state index is 0.0528. The van der Waals surface area contributed by atoms with Crippen molar-refractivity contribution in [1.82, 2.24) is 9.88 Å². The van der Waals surface area contributed by atoms with Crippen molar-refractivity contribution < 1.29 is 27.1 Å². The number of hydrogen-bond donors (Lipinski definition) is 1. The predicted octanol–water partition coefficient (Wildman–Crippen LogP) is 2.07. The van der Waals surface area contributed by atoms with E-state index in [0.29, 0.717) is 0 Å². The number of alkyl halides is 3. The van der Waals surface area contributed by atoms with Gasteiger partial charge in [0, 0.05) is 18.0 Å². The van der Waals surface area contributed by atoms with Crippen molar-refractivity contribution in [3.63, 3.8) is 0 Å². The van der Waals surface area contributed by atoms with Gasteiger partial charge in [-0.15, -0.1) is 0 Å². The Morgan fingerprint density at radius 3 is 2.79 bits per heavy atom. The monoisotopic (exact) mass is 344 g/mol. The average Bonchev–Trinajstić information content (AvgIpc) is 2.54. The molecule has 2 heterocycles. The van der Waals surface area contributed by atoms with E-state index >= 15 is 0 Å². The van der Waals surface area contributed by atoms with Crippen molar-refractivity contribution in [1.29, 1.82) is 0 Å². The van der Waals surface area contributed by atoms with Gasteiger partial charge in [-0.25, -0.2) is 4.39 Å². The summed E-state index contributed by atoms with van der Waals surface area (Å²) in [6.45, 7) is -1.01. The van der Waals surface area contributed by atoms with Crippen molar-refractivity contribution in [3.8, 4) is 0 Å². The van der Waals surface area contributed by atoms with E-state index in [2.05, 4.69) is 9.72 Å². The lowest BCUT2D eigenvalue weighted by atomic mass is 10.1. The molecule has 1 aliphatic heterocycles. The van der Waals surface area contributed by atoms with Gasteiger partial charge in [-0.05, 0) is 12.1 Å². The molecule has 1 amide bonds. The summed E-state index contributed by atoms with van der Waals surface area (Å²) in [6.07, 6.45) is -6.68. The van der Waals surface area contributed by atoms with Crippen LogP contribution in [0.3, 0.4) is 0 Å². The number of ether oxygens (including phenoxy) is 1. The van der Waals surface area contributed by atoms with Crippen LogP contribution in [0.4, 0.5) is 17.6 Å². The quantitative estimate of drug-likeness (QED) is 0.806. The molecule has 1 aromatic heterocycles. The van der Waals surface area contributed by atoms with Gasteiger partial charge in [0.2, 0.25) is 0 Å². The highest BCUT2D eigenvalue weighted by atomic mass is 19.4. The number of para-hydroxylation sites is 1. The van der Waals surface area contributed by atoms with E-state index in [9.17, 15) is 27.2 Å². The lowest BCUT2D eigenvalue weighted by Gasteiger charge is -2.33. The van der Waals surface area contributed by atoms with Crippen molar-refractivity contribution >= 4 is 16.8 Å². The first-order valence-corrected chi connectivity index (χ1v) is 7.06. The van der Waals surface area contributed by atoms with Crippen LogP contribution in [-0.2, 0) is 4.74 Å². The fraction of sp³-hybridized carbons (Fsp3) is 0.333. The second-order valence-electron chi connectivity index (χ2n) is 5.36. The topological polar surface area (TPSA) is 62.4 Å². The molecule has 128 valence electrons. The Labute approximate surface area is 132 Å². The molecule has 1 aliphatic rings. The Balaban J connectivity index is 1.94. The number of morpholine rings is 1. The van der Waals surface area contributed by atoms with Crippen LogP contribution < -0.4 is 5.43 Å². The summed E-state index contributed by atoms with van der Waals surface area (Å²) in [5, 5.41) is 0.0571. The highest BCUT2D eigenvalue weighted by Gasteiger charge is 2.44. The lowest BCUT2D eigenvalue weighted by Crippen LogP contribution is -2.51. The van der Waals surface area contributed by atoms with Gasteiger partial charge >= 0.3 is 6.18 Å². The first-order chi connectivity index (χ1) is 11.3. The maximum absolute atomic E-state index is 13.8. The fourth-order valence-corrected chi connectivity index (χ4v) is 2.55. The number of benzene rings is 1. The van der Waals surface area contributed by atoms with E-state index in [-0.39, 0.29) is 29.7 Å². The fourth-order valence-electron chi connectivity index (χ4n) is 2.55. The van der Waals surface area contributed by atoms with Crippen LogP contribution in [0, 0.1) is 5.82 Å². The number of halogens is 4. The maximum Gasteiger partial charge on any atom is 0.416 e. The van der Waals surface area contributed by atoms with Crippen molar-refractivity contribution in [2.24, 2.45) is 0 Å². The highest BCUT2D eigenvalue weighted by molar-refractivity contribution is 5.95. The largest absolute Gasteiger partial charge is 0.416 e. The minimum Gasteiger partial charge on any atom is -0.365 e. The van der Waals surface area contributed by atoms with Gasteiger partial charge in [0.15, 0.2) is 11.5 Å². The number of nitrogens with zero attached hydrogens (tertiary/aromatic N) is 1. The van der Waals surface area contributed by atoms with Crippen LogP contribution in [-0.4, -0.2) is 47.8 Å². The molecule has 1 aromatic carbocycles. The number of nitrogens with one attached hydrogen (secondary N) is 1. The lowest BCUT2D eigenvalue weighted by molar-refractivity contribution is -0.233. The summed E-state index contributed by atoms with van der Waals surface area (Å²) >= 11 is 0. The molecule has 0 bridgehead atoms. The van der Waals surface area contributed by atoms with Crippen LogP contribution in [0.15, 0.2) is 29.1 Å². The van der Waals surface area contributed by atoms with Crippen molar-refractivity contribution in [2.75, 3.05) is 19.7 Å². The maximum atomic E-state index is 13.8. The molecular weight excluding hydrogens is 332 g/mol. The summed E-state index contributed by atoms with van der Waals surface area (Å²) < 4.78 is 56.6. The Morgan fingerprint density at radius 1 is 1.33 bits per heavy atom. The third kappa shape index (κ3) is 2.99. The van der Waals surface area contributed by atoms with Crippen LogP contribution >= 0.6 is 0 Å². The smallest absolute Gasteiger partial charge is 0.365 e. The molecule has 0 radical (unpaired) electrons. The minimum atomic E-state index is -4.60. The second-order valence-corrected chi connectivity index (χ2v) is 5.36. The van der Waals surface area contributed by atoms with Gasteiger partial charge in [0.25, 0.3) is 5.91 Å². The third-order valence-electron chi connectivity index (χ3n) is 3.76. The zero-order valence-electron chi connectivity index (χ0n) is 12.2. The van der Waals surface area contributed by atoms with Gasteiger partial charge < -0.3 is 14.6 Å². The number of aromatic nitrogens is 1. The SMILES string of the molecule is O=C(c1cc(=O)c2cccc(F)c2[nH]1)N1CCO[C@@H](C(F)(F)F)C1. The number of carbonyl (C=O) groups excluding carboxylic acids is 1. The second kappa shape index (κ2) is 5.90. The molecule has 9 heteroatoms. The normalized spacial score (nSPS) is 18.8. The number of hydrogen-bond acceptors (Lipinski definition) is 3. The number of fused-ring (bicyclic) bond motifs is 1. The van der Waals surface area contributed by atoms with Gasteiger partial charge in [-0.1, -0.05) is 6.07 Å². The number of amides is 1. The molecule has 0 saturated carbocycles. The van der Waals surface area contributed by atoms with Gasteiger partial charge in [-0.2, -0.15) is 13.2 Å². The molecule has 1 atom stereocenters. The van der Waals surface area contributed by atoms with E-state index in [0.717, 1.165) is 17.0 Å². The molecule has 0 aliphatic carbocycles. The number of carbonyl (C=O) groups is 1. The number of H-pyrrole nitrogens is 1.